The van der Waals surface area contributed by atoms with Crippen LogP contribution in [0.1, 0.15) is 32.3 Å². The molecule has 1 fully saturated rings. The van der Waals surface area contributed by atoms with Crippen molar-refractivity contribution >= 4 is 5.69 Å². The first-order valence-corrected chi connectivity index (χ1v) is 7.89. The van der Waals surface area contributed by atoms with Crippen LogP contribution in [-0.4, -0.2) is 37.8 Å². The highest BCUT2D eigenvalue weighted by molar-refractivity contribution is 5.47. The molecule has 0 heterocycles. The summed E-state index contributed by atoms with van der Waals surface area (Å²) in [4.78, 5) is 2.48. The van der Waals surface area contributed by atoms with Crippen LogP contribution in [0.15, 0.2) is 18.2 Å². The fourth-order valence-electron chi connectivity index (χ4n) is 2.75. The first-order valence-electron chi connectivity index (χ1n) is 7.89. The average molecular weight is 292 g/mol. The molecule has 4 heteroatoms. The summed E-state index contributed by atoms with van der Waals surface area (Å²) in [5.74, 6) is 1.77. The molecule has 1 saturated carbocycles. The predicted octanol–water partition coefficient (Wildman–Crippen LogP) is 2.91. The molecule has 1 aliphatic rings. The van der Waals surface area contributed by atoms with E-state index in [2.05, 4.69) is 11.8 Å². The fourth-order valence-corrected chi connectivity index (χ4v) is 2.75. The van der Waals surface area contributed by atoms with E-state index in [0.717, 1.165) is 37.1 Å². The van der Waals surface area contributed by atoms with Crippen molar-refractivity contribution in [3.8, 4) is 5.75 Å². The van der Waals surface area contributed by atoms with Crippen LogP contribution in [0.2, 0.25) is 0 Å². The second-order valence-corrected chi connectivity index (χ2v) is 5.84. The van der Waals surface area contributed by atoms with E-state index in [1.165, 1.54) is 18.4 Å². The van der Waals surface area contributed by atoms with Crippen molar-refractivity contribution in [2.45, 2.75) is 39.3 Å². The van der Waals surface area contributed by atoms with E-state index < -0.39 is 0 Å². The molecule has 118 valence electrons. The summed E-state index contributed by atoms with van der Waals surface area (Å²) in [7, 11) is 1.76. The number of hydrogen-bond acceptors (Lipinski definition) is 4. The lowest BCUT2D eigenvalue weighted by molar-refractivity contribution is 0.111. The van der Waals surface area contributed by atoms with Crippen molar-refractivity contribution in [2.24, 2.45) is 5.92 Å². The zero-order valence-corrected chi connectivity index (χ0v) is 13.5. The van der Waals surface area contributed by atoms with E-state index in [9.17, 15) is 0 Å². The third kappa shape index (κ3) is 4.61. The number of benzene rings is 1. The largest absolute Gasteiger partial charge is 0.494 e. The Balaban J connectivity index is 2.12. The molecule has 1 aromatic carbocycles. The Kier molecular flexibility index (Phi) is 5.88. The lowest BCUT2D eigenvalue weighted by atomic mass is 10.1. The normalized spacial score (nSPS) is 16.2. The minimum atomic E-state index is 0.580. The van der Waals surface area contributed by atoms with Crippen molar-refractivity contribution in [3.63, 3.8) is 0 Å². The molecule has 1 unspecified atom stereocenters. The Morgan fingerprint density at radius 3 is 2.76 bits per heavy atom. The Labute approximate surface area is 128 Å². The van der Waals surface area contributed by atoms with E-state index in [0.29, 0.717) is 12.6 Å². The van der Waals surface area contributed by atoms with E-state index in [4.69, 9.17) is 15.2 Å². The van der Waals surface area contributed by atoms with Crippen molar-refractivity contribution in [1.29, 1.82) is 0 Å². The molecule has 2 rings (SSSR count). The van der Waals surface area contributed by atoms with Gasteiger partial charge >= 0.3 is 0 Å². The van der Waals surface area contributed by atoms with Crippen LogP contribution in [-0.2, 0) is 11.3 Å². The predicted molar refractivity (Wildman–Crippen MR) is 86.5 cm³/mol. The van der Waals surface area contributed by atoms with Crippen LogP contribution in [0.3, 0.4) is 0 Å². The van der Waals surface area contributed by atoms with E-state index >= 15 is 0 Å². The highest BCUT2D eigenvalue weighted by atomic mass is 16.5. The fraction of sp³-hybridized carbons (Fsp3) is 0.647. The van der Waals surface area contributed by atoms with Crippen LogP contribution >= 0.6 is 0 Å². The summed E-state index contributed by atoms with van der Waals surface area (Å²) >= 11 is 0. The Bertz CT molecular complexity index is 446. The monoisotopic (exact) mass is 292 g/mol. The quantitative estimate of drug-likeness (QED) is 0.711. The maximum atomic E-state index is 5.95. The molecule has 1 aliphatic carbocycles. The highest BCUT2D eigenvalue weighted by Crippen LogP contribution is 2.36. The number of hydrogen-bond donors (Lipinski definition) is 1. The number of nitrogens with two attached hydrogens (primary N) is 1. The van der Waals surface area contributed by atoms with Gasteiger partial charge in [0.25, 0.3) is 0 Å². The summed E-state index contributed by atoms with van der Waals surface area (Å²) in [5.41, 5.74) is 7.91. The third-order valence-electron chi connectivity index (χ3n) is 4.22. The molecule has 0 aliphatic heterocycles. The molecule has 0 aromatic heterocycles. The van der Waals surface area contributed by atoms with Gasteiger partial charge in [-0.25, -0.2) is 0 Å². The summed E-state index contributed by atoms with van der Waals surface area (Å²) in [6, 6.07) is 6.49. The number of rotatable bonds is 9. The number of nitrogen functional groups attached to an aromatic ring is 1. The molecule has 2 N–H and O–H groups in total. The maximum Gasteiger partial charge on any atom is 0.123 e. The van der Waals surface area contributed by atoms with Crippen molar-refractivity contribution < 1.29 is 9.47 Å². The molecule has 4 nitrogen and oxygen atoms in total. The number of nitrogens with zero attached hydrogens (tertiary/aromatic N) is 1. The number of methoxy groups -OCH3 is 1. The Morgan fingerprint density at radius 1 is 1.38 bits per heavy atom. The van der Waals surface area contributed by atoms with Crippen molar-refractivity contribution in [3.05, 3.63) is 23.8 Å². The van der Waals surface area contributed by atoms with E-state index in [1.54, 1.807) is 7.11 Å². The van der Waals surface area contributed by atoms with Crippen LogP contribution in [0.5, 0.6) is 5.75 Å². The average Bonchev–Trinajstić information content (AvgIpc) is 3.30. The summed E-state index contributed by atoms with van der Waals surface area (Å²) in [6.07, 6.45) is 2.69. The van der Waals surface area contributed by atoms with Gasteiger partial charge in [-0.05, 0) is 50.8 Å². The second-order valence-electron chi connectivity index (χ2n) is 5.84. The van der Waals surface area contributed by atoms with Crippen LogP contribution in [0.4, 0.5) is 5.69 Å². The maximum absolute atomic E-state index is 5.95. The summed E-state index contributed by atoms with van der Waals surface area (Å²) < 4.78 is 11.0. The topological polar surface area (TPSA) is 47.7 Å². The lowest BCUT2D eigenvalue weighted by Crippen LogP contribution is -2.36. The molecule has 0 saturated heterocycles. The summed E-state index contributed by atoms with van der Waals surface area (Å²) in [5, 5.41) is 0. The van der Waals surface area contributed by atoms with Crippen molar-refractivity contribution in [2.75, 3.05) is 32.6 Å². The van der Waals surface area contributed by atoms with Gasteiger partial charge in [0, 0.05) is 37.5 Å². The van der Waals surface area contributed by atoms with Crippen LogP contribution in [0, 0.1) is 5.92 Å². The van der Waals surface area contributed by atoms with Gasteiger partial charge < -0.3 is 15.2 Å². The molecule has 0 bridgehead atoms. The molecule has 0 spiro atoms. The second kappa shape index (κ2) is 7.66. The SMILES string of the molecule is CCOc1ccc(N)cc1CN(CCOC)C(C)C1CC1. The lowest BCUT2D eigenvalue weighted by Gasteiger charge is -2.29. The minimum absolute atomic E-state index is 0.580. The Morgan fingerprint density at radius 2 is 2.14 bits per heavy atom. The van der Waals surface area contributed by atoms with Gasteiger partial charge in [-0.2, -0.15) is 0 Å². The van der Waals surface area contributed by atoms with E-state index in [1.807, 2.05) is 25.1 Å². The molecule has 1 atom stereocenters. The highest BCUT2D eigenvalue weighted by Gasteiger charge is 2.32. The Hall–Kier alpha value is -1.26. The first kappa shape index (κ1) is 16.1. The molecule has 21 heavy (non-hydrogen) atoms. The first-order chi connectivity index (χ1) is 10.2. The summed E-state index contributed by atoms with van der Waals surface area (Å²) in [6.45, 7) is 7.56. The molecular formula is C17H28N2O2. The third-order valence-corrected chi connectivity index (χ3v) is 4.22. The minimum Gasteiger partial charge on any atom is -0.494 e. The smallest absolute Gasteiger partial charge is 0.123 e. The van der Waals surface area contributed by atoms with Gasteiger partial charge in [-0.1, -0.05) is 0 Å². The molecule has 1 aromatic rings. The number of anilines is 1. The van der Waals surface area contributed by atoms with Gasteiger partial charge in [-0.15, -0.1) is 0 Å². The zero-order valence-electron chi connectivity index (χ0n) is 13.5. The van der Waals surface area contributed by atoms with Crippen LogP contribution < -0.4 is 10.5 Å². The van der Waals surface area contributed by atoms with Gasteiger partial charge in [0.2, 0.25) is 0 Å². The molecular weight excluding hydrogens is 264 g/mol. The van der Waals surface area contributed by atoms with Gasteiger partial charge in [0.1, 0.15) is 5.75 Å². The van der Waals surface area contributed by atoms with E-state index in [-0.39, 0.29) is 0 Å². The standard InChI is InChI=1S/C17H28N2O2/c1-4-21-17-8-7-16(18)11-15(17)12-19(9-10-20-3)13(2)14-5-6-14/h7-8,11,13-14H,4-6,9-10,12,18H2,1-3H3. The number of ether oxygens (including phenoxy) is 2. The van der Waals surface area contributed by atoms with Crippen LogP contribution in [0.25, 0.3) is 0 Å². The van der Waals surface area contributed by atoms with Gasteiger partial charge in [0.15, 0.2) is 0 Å². The van der Waals surface area contributed by atoms with Gasteiger partial charge in [-0.3, -0.25) is 4.90 Å². The molecule has 0 amide bonds. The zero-order chi connectivity index (χ0) is 15.2. The molecule has 0 radical (unpaired) electrons. The van der Waals surface area contributed by atoms with Crippen molar-refractivity contribution in [1.82, 2.24) is 4.90 Å². The van der Waals surface area contributed by atoms with Gasteiger partial charge in [0.05, 0.1) is 13.2 Å².